The number of halogens is 5. The molecular formula is C15H8Cl2F3N3O3. The first-order valence-corrected chi connectivity index (χ1v) is 7.61. The number of hydrogen-bond donors (Lipinski definition) is 1. The van der Waals surface area contributed by atoms with Gasteiger partial charge >= 0.3 is 11.9 Å². The van der Waals surface area contributed by atoms with Crippen molar-refractivity contribution in [3.05, 3.63) is 73.2 Å². The molecule has 0 atom stereocenters. The van der Waals surface area contributed by atoms with Crippen molar-refractivity contribution >= 4 is 23.2 Å². The Kier molecular flexibility index (Phi) is 4.37. The molecule has 0 aliphatic rings. The van der Waals surface area contributed by atoms with Crippen LogP contribution in [0.4, 0.5) is 13.2 Å². The van der Waals surface area contributed by atoms with Crippen LogP contribution in [0.25, 0.3) is 17.0 Å². The van der Waals surface area contributed by atoms with Crippen molar-refractivity contribution in [2.24, 2.45) is 0 Å². The Hall–Kier alpha value is -2.65. The standard InChI is InChI=1S/C15H8Cl2F3N3O3/c16-8-4-7(5-9(17)13(8)10-2-1-3-26-10)22-12(24)6-11(15(18,19)20)23(21)14(22)25/h1-6H,21H2. The molecule has 0 aliphatic carbocycles. The first kappa shape index (κ1) is 18.2. The molecule has 3 aromatic rings. The number of alkyl halides is 3. The number of nitrogens with zero attached hydrogens (tertiary/aromatic N) is 2. The second-order valence-corrected chi connectivity index (χ2v) is 5.93. The van der Waals surface area contributed by atoms with Gasteiger partial charge in [0, 0.05) is 6.07 Å². The van der Waals surface area contributed by atoms with E-state index in [4.69, 9.17) is 33.5 Å². The highest BCUT2D eigenvalue weighted by Crippen LogP contribution is 2.36. The average molecular weight is 406 g/mol. The summed E-state index contributed by atoms with van der Waals surface area (Å²) in [6.45, 7) is 0. The van der Waals surface area contributed by atoms with Crippen molar-refractivity contribution < 1.29 is 17.6 Å². The topological polar surface area (TPSA) is 83.2 Å². The highest BCUT2D eigenvalue weighted by atomic mass is 35.5. The van der Waals surface area contributed by atoms with Crippen molar-refractivity contribution in [1.29, 1.82) is 0 Å². The van der Waals surface area contributed by atoms with E-state index in [-0.39, 0.29) is 26.5 Å². The van der Waals surface area contributed by atoms with Crippen LogP contribution in [0.15, 0.2) is 50.6 Å². The molecule has 0 bridgehead atoms. The summed E-state index contributed by atoms with van der Waals surface area (Å²) < 4.78 is 44.0. The fraction of sp³-hybridized carbons (Fsp3) is 0.0667. The maximum atomic E-state index is 12.8. The Morgan fingerprint density at radius 3 is 2.19 bits per heavy atom. The summed E-state index contributed by atoms with van der Waals surface area (Å²) in [5.74, 6) is 5.54. The minimum Gasteiger partial charge on any atom is -0.464 e. The third-order valence-electron chi connectivity index (χ3n) is 3.48. The monoisotopic (exact) mass is 405 g/mol. The van der Waals surface area contributed by atoms with E-state index in [1.165, 1.54) is 18.4 Å². The summed E-state index contributed by atoms with van der Waals surface area (Å²) in [6, 6.07) is 5.79. The van der Waals surface area contributed by atoms with Gasteiger partial charge in [-0.15, -0.1) is 0 Å². The fourth-order valence-electron chi connectivity index (χ4n) is 2.36. The number of aromatic nitrogens is 2. The van der Waals surface area contributed by atoms with Crippen LogP contribution in [0, 0.1) is 0 Å². The van der Waals surface area contributed by atoms with Gasteiger partial charge in [0.05, 0.1) is 27.6 Å². The van der Waals surface area contributed by atoms with Crippen molar-refractivity contribution in [2.75, 3.05) is 5.84 Å². The summed E-state index contributed by atoms with van der Waals surface area (Å²) in [7, 11) is 0. The van der Waals surface area contributed by atoms with Crippen molar-refractivity contribution in [3.8, 4) is 17.0 Å². The first-order valence-electron chi connectivity index (χ1n) is 6.86. The third-order valence-corrected chi connectivity index (χ3v) is 4.08. The van der Waals surface area contributed by atoms with Gasteiger partial charge in [0.1, 0.15) is 5.76 Å². The van der Waals surface area contributed by atoms with Gasteiger partial charge in [-0.3, -0.25) is 4.79 Å². The maximum absolute atomic E-state index is 12.8. The molecule has 1 aromatic carbocycles. The van der Waals surface area contributed by atoms with Gasteiger partial charge in [-0.2, -0.15) is 13.2 Å². The quantitative estimate of drug-likeness (QED) is 0.663. The zero-order valence-electron chi connectivity index (χ0n) is 12.6. The average Bonchev–Trinajstić information content (AvgIpc) is 3.03. The van der Waals surface area contributed by atoms with Crippen LogP contribution < -0.4 is 17.1 Å². The van der Waals surface area contributed by atoms with E-state index in [0.29, 0.717) is 15.9 Å². The molecule has 2 N–H and O–H groups in total. The highest BCUT2D eigenvalue weighted by Gasteiger charge is 2.35. The zero-order valence-corrected chi connectivity index (χ0v) is 14.1. The SMILES string of the molecule is Nn1c(C(F)(F)F)cc(=O)n(-c2cc(Cl)c(-c3ccco3)c(Cl)c2)c1=O. The third kappa shape index (κ3) is 2.99. The van der Waals surface area contributed by atoms with Crippen molar-refractivity contribution in [3.63, 3.8) is 0 Å². The van der Waals surface area contributed by atoms with Crippen molar-refractivity contribution in [2.45, 2.75) is 6.18 Å². The molecule has 3 rings (SSSR count). The molecule has 0 spiro atoms. The number of benzene rings is 1. The smallest absolute Gasteiger partial charge is 0.433 e. The molecule has 136 valence electrons. The van der Waals surface area contributed by atoms with Crippen LogP contribution in [0.1, 0.15) is 5.69 Å². The summed E-state index contributed by atoms with van der Waals surface area (Å²) in [4.78, 5) is 24.3. The van der Waals surface area contributed by atoms with Crippen LogP contribution in [-0.2, 0) is 6.18 Å². The van der Waals surface area contributed by atoms with E-state index < -0.39 is 23.1 Å². The number of nitrogens with two attached hydrogens (primary N) is 1. The fourth-order valence-corrected chi connectivity index (χ4v) is 3.02. The van der Waals surface area contributed by atoms with Gasteiger partial charge in [0.2, 0.25) is 0 Å². The van der Waals surface area contributed by atoms with Crippen LogP contribution >= 0.6 is 23.2 Å². The number of rotatable bonds is 2. The molecule has 2 aromatic heterocycles. The summed E-state index contributed by atoms with van der Waals surface area (Å²) in [6.07, 6.45) is -3.58. The number of furan rings is 1. The minimum atomic E-state index is -4.97. The Bertz CT molecular complexity index is 1080. The van der Waals surface area contributed by atoms with E-state index in [2.05, 4.69) is 0 Å². The van der Waals surface area contributed by atoms with E-state index >= 15 is 0 Å². The largest absolute Gasteiger partial charge is 0.464 e. The molecule has 0 saturated carbocycles. The van der Waals surface area contributed by atoms with Gasteiger partial charge in [0.25, 0.3) is 5.56 Å². The molecule has 6 nitrogen and oxygen atoms in total. The van der Waals surface area contributed by atoms with Gasteiger partial charge in [0.15, 0.2) is 5.69 Å². The molecule has 0 radical (unpaired) electrons. The lowest BCUT2D eigenvalue weighted by Gasteiger charge is -2.14. The first-order chi connectivity index (χ1) is 12.1. The molecule has 26 heavy (non-hydrogen) atoms. The molecule has 0 aliphatic heterocycles. The lowest BCUT2D eigenvalue weighted by molar-refractivity contribution is -0.143. The van der Waals surface area contributed by atoms with E-state index in [0.717, 1.165) is 0 Å². The van der Waals surface area contributed by atoms with Gasteiger partial charge in [-0.25, -0.2) is 14.0 Å². The van der Waals surface area contributed by atoms with Crippen LogP contribution in [0.5, 0.6) is 0 Å². The predicted molar refractivity (Wildman–Crippen MR) is 89.2 cm³/mol. The Morgan fingerprint density at radius 2 is 1.69 bits per heavy atom. The van der Waals surface area contributed by atoms with Crippen molar-refractivity contribution in [1.82, 2.24) is 9.24 Å². The van der Waals surface area contributed by atoms with Gasteiger partial charge in [-0.1, -0.05) is 23.2 Å². The second kappa shape index (κ2) is 6.26. The maximum Gasteiger partial charge on any atom is 0.433 e. The lowest BCUT2D eigenvalue weighted by atomic mass is 10.1. The molecule has 2 heterocycles. The van der Waals surface area contributed by atoms with E-state index in [1.54, 1.807) is 12.1 Å². The Labute approximate surface area is 152 Å². The predicted octanol–water partition coefficient (Wildman–Crippen LogP) is 3.30. The number of nitrogen functional groups attached to an aromatic ring is 1. The van der Waals surface area contributed by atoms with Gasteiger partial charge < -0.3 is 10.3 Å². The molecule has 0 fully saturated rings. The van der Waals surface area contributed by atoms with E-state index in [1.807, 2.05) is 0 Å². The summed E-state index contributed by atoms with van der Waals surface area (Å²) >= 11 is 12.3. The molecule has 0 amide bonds. The summed E-state index contributed by atoms with van der Waals surface area (Å²) in [5.41, 5.74) is -4.05. The van der Waals surface area contributed by atoms with E-state index in [9.17, 15) is 22.8 Å². The molecular weight excluding hydrogens is 398 g/mol. The normalized spacial score (nSPS) is 11.7. The second-order valence-electron chi connectivity index (χ2n) is 5.12. The lowest BCUT2D eigenvalue weighted by Crippen LogP contribution is -2.45. The minimum absolute atomic E-state index is 0.0252. The molecule has 0 unspecified atom stereocenters. The highest BCUT2D eigenvalue weighted by molar-refractivity contribution is 6.39. The van der Waals surface area contributed by atoms with Crippen LogP contribution in [0.2, 0.25) is 10.0 Å². The van der Waals surface area contributed by atoms with Crippen LogP contribution in [0.3, 0.4) is 0 Å². The Balaban J connectivity index is 2.25. The molecule has 0 saturated heterocycles. The Morgan fingerprint density at radius 1 is 1.08 bits per heavy atom. The van der Waals surface area contributed by atoms with Crippen LogP contribution in [-0.4, -0.2) is 9.24 Å². The zero-order chi connectivity index (χ0) is 19.2. The van der Waals surface area contributed by atoms with Gasteiger partial charge in [-0.05, 0) is 24.3 Å². The number of hydrogen-bond acceptors (Lipinski definition) is 4. The molecule has 11 heteroatoms. The summed E-state index contributed by atoms with van der Waals surface area (Å²) in [5, 5.41) is 0.0504.